The number of rotatable bonds is 1. The van der Waals surface area contributed by atoms with Gasteiger partial charge in [-0.2, -0.15) is 5.10 Å². The molecule has 1 atom stereocenters. The van der Waals surface area contributed by atoms with Gasteiger partial charge in [0.1, 0.15) is 5.39 Å². The normalized spacial score (nSPS) is 23.2. The monoisotopic (exact) mass is 254 g/mol. The van der Waals surface area contributed by atoms with Gasteiger partial charge in [0.25, 0.3) is 5.56 Å². The number of H-pyrrole nitrogens is 1. The fourth-order valence-electron chi connectivity index (χ4n) is 2.11. The number of nitrogens with one attached hydrogen (secondary N) is 1. The van der Waals surface area contributed by atoms with Gasteiger partial charge in [0.05, 0.1) is 30.1 Å². The quantitative estimate of drug-likeness (QED) is 0.738. The van der Waals surface area contributed by atoms with Crippen LogP contribution in [-0.2, 0) is 9.84 Å². The maximum absolute atomic E-state index is 11.5. The van der Waals surface area contributed by atoms with Gasteiger partial charge < -0.3 is 4.98 Å². The first-order valence-corrected chi connectivity index (χ1v) is 7.00. The van der Waals surface area contributed by atoms with Crippen molar-refractivity contribution >= 4 is 20.9 Å². The summed E-state index contributed by atoms with van der Waals surface area (Å²) in [6.07, 6.45) is 3.24. The van der Waals surface area contributed by atoms with Crippen molar-refractivity contribution in [3.05, 3.63) is 22.9 Å². The van der Waals surface area contributed by atoms with Gasteiger partial charge in [0.15, 0.2) is 15.5 Å². The van der Waals surface area contributed by atoms with Crippen molar-refractivity contribution in [1.29, 1.82) is 0 Å². The molecule has 0 spiro atoms. The Bertz CT molecular complexity index is 730. The first-order valence-electron chi connectivity index (χ1n) is 5.18. The second-order valence-corrected chi connectivity index (χ2v) is 6.34. The number of hydrogen-bond acceptors (Lipinski definition) is 5. The van der Waals surface area contributed by atoms with Gasteiger partial charge in [-0.25, -0.2) is 18.1 Å². The topological polar surface area (TPSA) is 97.7 Å². The Morgan fingerprint density at radius 3 is 3.00 bits per heavy atom. The van der Waals surface area contributed by atoms with E-state index in [2.05, 4.69) is 15.1 Å². The molecule has 0 saturated carbocycles. The van der Waals surface area contributed by atoms with Crippen molar-refractivity contribution in [1.82, 2.24) is 19.7 Å². The SMILES string of the molecule is O=c1[nH]cnc2c1cnn2C1CCS(=O)(=O)C1. The fraction of sp³-hybridized carbons (Fsp3) is 0.444. The van der Waals surface area contributed by atoms with Gasteiger partial charge in [-0.3, -0.25) is 4.79 Å². The van der Waals surface area contributed by atoms with Crippen LogP contribution >= 0.6 is 0 Å². The second-order valence-electron chi connectivity index (χ2n) is 4.11. The van der Waals surface area contributed by atoms with Crippen LogP contribution in [0, 0.1) is 0 Å². The molecular formula is C9H10N4O3S. The molecule has 1 aliphatic rings. The summed E-state index contributed by atoms with van der Waals surface area (Å²) in [6, 6.07) is -0.216. The van der Waals surface area contributed by atoms with Crippen LogP contribution in [0.2, 0.25) is 0 Å². The van der Waals surface area contributed by atoms with Gasteiger partial charge in [-0.05, 0) is 6.42 Å². The zero-order valence-electron chi connectivity index (χ0n) is 8.83. The second kappa shape index (κ2) is 3.39. The molecule has 1 N–H and O–H groups in total. The van der Waals surface area contributed by atoms with Crippen LogP contribution in [-0.4, -0.2) is 39.7 Å². The summed E-state index contributed by atoms with van der Waals surface area (Å²) in [4.78, 5) is 18.0. The summed E-state index contributed by atoms with van der Waals surface area (Å²) < 4.78 is 24.4. The molecule has 2 aromatic heterocycles. The highest BCUT2D eigenvalue weighted by Crippen LogP contribution is 2.24. The van der Waals surface area contributed by atoms with Crippen LogP contribution in [0.3, 0.4) is 0 Å². The first kappa shape index (κ1) is 10.5. The van der Waals surface area contributed by atoms with Gasteiger partial charge in [0.2, 0.25) is 0 Å². The number of sulfone groups is 1. The van der Waals surface area contributed by atoms with E-state index in [1.54, 1.807) is 0 Å². The molecule has 0 aliphatic carbocycles. The van der Waals surface area contributed by atoms with Gasteiger partial charge in [-0.15, -0.1) is 0 Å². The molecule has 1 unspecified atom stereocenters. The molecule has 1 saturated heterocycles. The highest BCUT2D eigenvalue weighted by atomic mass is 32.2. The van der Waals surface area contributed by atoms with Gasteiger partial charge >= 0.3 is 0 Å². The minimum atomic E-state index is -2.97. The van der Waals surface area contributed by atoms with E-state index in [0.29, 0.717) is 17.5 Å². The zero-order valence-corrected chi connectivity index (χ0v) is 9.64. The summed E-state index contributed by atoms with van der Waals surface area (Å²) in [7, 11) is -2.97. The Morgan fingerprint density at radius 1 is 1.47 bits per heavy atom. The molecule has 90 valence electrons. The Morgan fingerprint density at radius 2 is 2.29 bits per heavy atom. The maximum atomic E-state index is 11.5. The molecule has 0 bridgehead atoms. The summed E-state index contributed by atoms with van der Waals surface area (Å²) in [5.74, 6) is 0.237. The predicted octanol–water partition coefficient (Wildman–Crippen LogP) is -0.521. The third kappa shape index (κ3) is 1.64. The van der Waals surface area contributed by atoms with Gasteiger partial charge in [-0.1, -0.05) is 0 Å². The molecule has 3 rings (SSSR count). The summed E-state index contributed by atoms with van der Waals surface area (Å²) in [5, 5.41) is 4.46. The average Bonchev–Trinajstić information content (AvgIpc) is 2.82. The van der Waals surface area contributed by atoms with E-state index >= 15 is 0 Å². The molecule has 3 heterocycles. The molecule has 0 radical (unpaired) electrons. The van der Waals surface area contributed by atoms with Crippen molar-refractivity contribution in [3.8, 4) is 0 Å². The molecule has 8 heteroatoms. The fourth-order valence-corrected chi connectivity index (χ4v) is 3.80. The lowest BCUT2D eigenvalue weighted by atomic mass is 10.3. The molecule has 17 heavy (non-hydrogen) atoms. The molecule has 1 fully saturated rings. The molecule has 7 nitrogen and oxygen atoms in total. The molecular weight excluding hydrogens is 244 g/mol. The van der Waals surface area contributed by atoms with E-state index < -0.39 is 9.84 Å². The molecule has 1 aliphatic heterocycles. The summed E-state index contributed by atoms with van der Waals surface area (Å²) in [6.45, 7) is 0. The van der Waals surface area contributed by atoms with Crippen molar-refractivity contribution in [2.24, 2.45) is 0 Å². The number of fused-ring (bicyclic) bond motifs is 1. The largest absolute Gasteiger partial charge is 0.312 e. The van der Waals surface area contributed by atoms with Crippen LogP contribution < -0.4 is 5.56 Å². The zero-order chi connectivity index (χ0) is 12.0. The Hall–Kier alpha value is -1.70. The smallest absolute Gasteiger partial charge is 0.261 e. The van der Waals surface area contributed by atoms with E-state index in [4.69, 9.17) is 0 Å². The van der Waals surface area contributed by atoms with E-state index in [9.17, 15) is 13.2 Å². The van der Waals surface area contributed by atoms with E-state index in [0.717, 1.165) is 0 Å². The first-order chi connectivity index (χ1) is 8.07. The number of hydrogen-bond donors (Lipinski definition) is 1. The summed E-state index contributed by atoms with van der Waals surface area (Å²) >= 11 is 0. The molecule has 0 amide bonds. The van der Waals surface area contributed by atoms with E-state index in [1.807, 2.05) is 0 Å². The van der Waals surface area contributed by atoms with Crippen molar-refractivity contribution in [2.45, 2.75) is 12.5 Å². The van der Waals surface area contributed by atoms with Crippen LogP contribution in [0.15, 0.2) is 17.3 Å². The third-order valence-electron chi connectivity index (χ3n) is 2.95. The van der Waals surface area contributed by atoms with Crippen molar-refractivity contribution < 1.29 is 8.42 Å². The number of aromatic nitrogens is 4. The third-order valence-corrected chi connectivity index (χ3v) is 4.70. The predicted molar refractivity (Wildman–Crippen MR) is 60.5 cm³/mol. The summed E-state index contributed by atoms with van der Waals surface area (Å²) in [5.41, 5.74) is 0.179. The van der Waals surface area contributed by atoms with Crippen LogP contribution in [0.25, 0.3) is 11.0 Å². The highest BCUT2D eigenvalue weighted by Gasteiger charge is 2.30. The van der Waals surface area contributed by atoms with E-state index in [1.165, 1.54) is 17.2 Å². The van der Waals surface area contributed by atoms with Crippen LogP contribution in [0.1, 0.15) is 12.5 Å². The average molecular weight is 254 g/mol. The molecule has 0 aromatic carbocycles. The Labute approximate surface area is 96.4 Å². The van der Waals surface area contributed by atoms with Crippen molar-refractivity contribution in [2.75, 3.05) is 11.5 Å². The van der Waals surface area contributed by atoms with Gasteiger partial charge in [0, 0.05) is 0 Å². The van der Waals surface area contributed by atoms with Crippen LogP contribution in [0.5, 0.6) is 0 Å². The number of nitrogens with zero attached hydrogens (tertiary/aromatic N) is 3. The number of aromatic amines is 1. The molecule has 2 aromatic rings. The highest BCUT2D eigenvalue weighted by molar-refractivity contribution is 7.91. The lowest BCUT2D eigenvalue weighted by molar-refractivity contribution is 0.512. The Balaban J connectivity index is 2.14. The minimum Gasteiger partial charge on any atom is -0.312 e. The van der Waals surface area contributed by atoms with Crippen LogP contribution in [0.4, 0.5) is 0 Å². The minimum absolute atomic E-state index is 0.0677. The van der Waals surface area contributed by atoms with E-state index in [-0.39, 0.29) is 23.1 Å². The maximum Gasteiger partial charge on any atom is 0.261 e. The lowest BCUT2D eigenvalue weighted by Gasteiger charge is -2.08. The standard InChI is InChI=1S/C9H10N4O3S/c14-9-7-3-12-13(8(7)10-5-11-9)6-1-2-17(15,16)4-6/h3,5-6H,1-2,4H2,(H,10,11,14). The van der Waals surface area contributed by atoms with Crippen molar-refractivity contribution in [3.63, 3.8) is 0 Å². The lowest BCUT2D eigenvalue weighted by Crippen LogP contribution is -2.14. The Kier molecular flexibility index (Phi) is 2.09.